The van der Waals surface area contributed by atoms with Crippen molar-refractivity contribution in [3.8, 4) is 0 Å². The molecule has 0 saturated carbocycles. The second-order valence-corrected chi connectivity index (χ2v) is 5.44. The van der Waals surface area contributed by atoms with E-state index in [9.17, 15) is 0 Å². The first-order valence-corrected chi connectivity index (χ1v) is 7.31. The molecule has 2 heterocycles. The second kappa shape index (κ2) is 5.81. The summed E-state index contributed by atoms with van der Waals surface area (Å²) in [5, 5.41) is 4.23. The standard InChI is InChI=1S/C16H18ClN3/c1-20(15-4-2-3-9-19-15)16-13-8-11-18-10-7-12(13)5-6-14(16)17/h2-6,9,18H,7-8,10-11H2,1H3. The van der Waals surface area contributed by atoms with Gasteiger partial charge in [-0.25, -0.2) is 4.98 Å². The van der Waals surface area contributed by atoms with Crippen LogP contribution in [0.4, 0.5) is 11.5 Å². The van der Waals surface area contributed by atoms with Crippen molar-refractivity contribution in [2.24, 2.45) is 0 Å². The zero-order valence-electron chi connectivity index (χ0n) is 11.6. The van der Waals surface area contributed by atoms with Crippen LogP contribution >= 0.6 is 11.6 Å². The number of halogens is 1. The highest BCUT2D eigenvalue weighted by molar-refractivity contribution is 6.33. The summed E-state index contributed by atoms with van der Waals surface area (Å²) in [6, 6.07) is 10.1. The van der Waals surface area contributed by atoms with E-state index in [1.807, 2.05) is 37.5 Å². The van der Waals surface area contributed by atoms with E-state index in [1.54, 1.807) is 0 Å². The minimum Gasteiger partial charge on any atom is -0.328 e. The predicted octanol–water partition coefficient (Wildman–Crippen LogP) is 3.19. The summed E-state index contributed by atoms with van der Waals surface area (Å²) in [4.78, 5) is 6.51. The molecule has 3 rings (SSSR count). The first kappa shape index (κ1) is 13.4. The quantitative estimate of drug-likeness (QED) is 0.919. The SMILES string of the molecule is CN(c1ccccn1)c1c(Cl)ccc2c1CCNCC2. The number of anilines is 2. The van der Waals surface area contributed by atoms with Crippen molar-refractivity contribution in [3.05, 3.63) is 52.7 Å². The van der Waals surface area contributed by atoms with Crippen LogP contribution in [0, 0.1) is 0 Å². The smallest absolute Gasteiger partial charge is 0.132 e. The number of nitrogens with one attached hydrogen (secondary N) is 1. The third kappa shape index (κ3) is 2.51. The van der Waals surface area contributed by atoms with E-state index in [1.165, 1.54) is 11.1 Å². The van der Waals surface area contributed by atoms with Gasteiger partial charge in [-0.1, -0.05) is 23.7 Å². The van der Waals surface area contributed by atoms with Gasteiger partial charge in [0.25, 0.3) is 0 Å². The molecule has 4 heteroatoms. The molecule has 3 nitrogen and oxygen atoms in total. The van der Waals surface area contributed by atoms with E-state index in [0.717, 1.165) is 42.5 Å². The maximum absolute atomic E-state index is 6.47. The fourth-order valence-electron chi connectivity index (χ4n) is 2.75. The van der Waals surface area contributed by atoms with Crippen molar-refractivity contribution >= 4 is 23.1 Å². The van der Waals surface area contributed by atoms with Gasteiger partial charge in [-0.05, 0) is 55.3 Å². The van der Waals surface area contributed by atoms with Crippen LogP contribution < -0.4 is 10.2 Å². The highest BCUT2D eigenvalue weighted by atomic mass is 35.5. The van der Waals surface area contributed by atoms with Crippen LogP contribution in [-0.4, -0.2) is 25.1 Å². The molecular formula is C16H18ClN3. The average Bonchev–Trinajstić information content (AvgIpc) is 2.73. The molecule has 0 amide bonds. The minimum absolute atomic E-state index is 0.791. The van der Waals surface area contributed by atoms with Gasteiger partial charge in [-0.2, -0.15) is 0 Å². The van der Waals surface area contributed by atoms with Gasteiger partial charge in [0.2, 0.25) is 0 Å². The molecule has 104 valence electrons. The van der Waals surface area contributed by atoms with Crippen LogP contribution in [0.1, 0.15) is 11.1 Å². The summed E-state index contributed by atoms with van der Waals surface area (Å²) >= 11 is 6.47. The Hall–Kier alpha value is -1.58. The zero-order valence-corrected chi connectivity index (χ0v) is 12.3. The molecule has 0 unspecified atom stereocenters. The largest absolute Gasteiger partial charge is 0.328 e. The summed E-state index contributed by atoms with van der Waals surface area (Å²) in [6.45, 7) is 2.03. The summed E-state index contributed by atoms with van der Waals surface area (Å²) < 4.78 is 0. The third-order valence-corrected chi connectivity index (χ3v) is 4.09. The Morgan fingerprint density at radius 2 is 2.00 bits per heavy atom. The van der Waals surface area contributed by atoms with Gasteiger partial charge in [0.05, 0.1) is 10.7 Å². The van der Waals surface area contributed by atoms with Crippen molar-refractivity contribution in [2.45, 2.75) is 12.8 Å². The summed E-state index contributed by atoms with van der Waals surface area (Å²) in [5.74, 6) is 0.917. The predicted molar refractivity (Wildman–Crippen MR) is 84.0 cm³/mol. The molecule has 0 bridgehead atoms. The Morgan fingerprint density at radius 1 is 1.15 bits per heavy atom. The lowest BCUT2D eigenvalue weighted by atomic mass is 10.00. The van der Waals surface area contributed by atoms with Crippen molar-refractivity contribution in [3.63, 3.8) is 0 Å². The van der Waals surface area contributed by atoms with E-state index >= 15 is 0 Å². The van der Waals surface area contributed by atoms with Crippen molar-refractivity contribution < 1.29 is 0 Å². The van der Waals surface area contributed by atoms with E-state index in [4.69, 9.17) is 11.6 Å². The lowest BCUT2D eigenvalue weighted by molar-refractivity contribution is 0.711. The van der Waals surface area contributed by atoms with Gasteiger partial charge in [0.1, 0.15) is 5.82 Å². The lowest BCUT2D eigenvalue weighted by Gasteiger charge is -2.24. The number of rotatable bonds is 2. The first-order valence-electron chi connectivity index (χ1n) is 6.93. The maximum atomic E-state index is 6.47. The molecule has 0 spiro atoms. The lowest BCUT2D eigenvalue weighted by Crippen LogP contribution is -2.17. The molecule has 0 radical (unpaired) electrons. The molecule has 1 N–H and O–H groups in total. The first-order chi connectivity index (χ1) is 9.77. The molecule has 0 fully saturated rings. The van der Waals surface area contributed by atoms with Gasteiger partial charge in [-0.15, -0.1) is 0 Å². The van der Waals surface area contributed by atoms with Crippen LogP contribution in [0.2, 0.25) is 5.02 Å². The normalized spacial score (nSPS) is 14.5. The van der Waals surface area contributed by atoms with Crippen molar-refractivity contribution in [1.82, 2.24) is 10.3 Å². The Bertz CT molecular complexity index is 598. The van der Waals surface area contributed by atoms with E-state index in [0.29, 0.717) is 0 Å². The minimum atomic E-state index is 0.791. The molecule has 1 aromatic carbocycles. The van der Waals surface area contributed by atoms with Gasteiger partial charge < -0.3 is 10.2 Å². The highest BCUT2D eigenvalue weighted by Crippen LogP contribution is 2.36. The van der Waals surface area contributed by atoms with Gasteiger partial charge in [0.15, 0.2) is 0 Å². The molecule has 0 aliphatic carbocycles. The number of fused-ring (bicyclic) bond motifs is 1. The molecule has 1 aliphatic rings. The van der Waals surface area contributed by atoms with Crippen LogP contribution in [0.25, 0.3) is 0 Å². The third-order valence-electron chi connectivity index (χ3n) is 3.78. The highest BCUT2D eigenvalue weighted by Gasteiger charge is 2.18. The van der Waals surface area contributed by atoms with Crippen molar-refractivity contribution in [2.75, 3.05) is 25.0 Å². The zero-order chi connectivity index (χ0) is 13.9. The Morgan fingerprint density at radius 3 is 2.80 bits per heavy atom. The number of hydrogen-bond acceptors (Lipinski definition) is 3. The van der Waals surface area contributed by atoms with E-state index < -0.39 is 0 Å². The molecule has 1 aliphatic heterocycles. The molecule has 20 heavy (non-hydrogen) atoms. The van der Waals surface area contributed by atoms with Gasteiger partial charge in [0, 0.05) is 13.2 Å². The van der Waals surface area contributed by atoms with Crippen LogP contribution in [0.5, 0.6) is 0 Å². The molecule has 0 saturated heterocycles. The average molecular weight is 288 g/mol. The maximum Gasteiger partial charge on any atom is 0.132 e. The summed E-state index contributed by atoms with van der Waals surface area (Å²) in [7, 11) is 2.03. The van der Waals surface area contributed by atoms with Gasteiger partial charge >= 0.3 is 0 Å². The van der Waals surface area contributed by atoms with E-state index in [-0.39, 0.29) is 0 Å². The van der Waals surface area contributed by atoms with Crippen molar-refractivity contribution in [1.29, 1.82) is 0 Å². The topological polar surface area (TPSA) is 28.2 Å². The van der Waals surface area contributed by atoms with Crippen LogP contribution in [0.3, 0.4) is 0 Å². The van der Waals surface area contributed by atoms with Crippen LogP contribution in [0.15, 0.2) is 36.5 Å². The summed E-state index contributed by atoms with van der Waals surface area (Å²) in [5.41, 5.74) is 3.82. The monoisotopic (exact) mass is 287 g/mol. The fourth-order valence-corrected chi connectivity index (χ4v) is 3.06. The van der Waals surface area contributed by atoms with Gasteiger partial charge in [-0.3, -0.25) is 0 Å². The number of nitrogens with zero attached hydrogens (tertiary/aromatic N) is 2. The second-order valence-electron chi connectivity index (χ2n) is 5.03. The number of benzene rings is 1. The Kier molecular flexibility index (Phi) is 3.90. The summed E-state index contributed by atoms with van der Waals surface area (Å²) in [6.07, 6.45) is 3.86. The number of aromatic nitrogens is 1. The van der Waals surface area contributed by atoms with Crippen LogP contribution in [-0.2, 0) is 12.8 Å². The Balaban J connectivity index is 2.08. The molecule has 2 aromatic rings. The number of hydrogen-bond donors (Lipinski definition) is 1. The van der Waals surface area contributed by atoms with E-state index in [2.05, 4.69) is 21.3 Å². The fraction of sp³-hybridized carbons (Fsp3) is 0.312. The Labute approximate surface area is 124 Å². The molecule has 0 atom stereocenters. The molecule has 1 aromatic heterocycles. The number of pyridine rings is 1. The molecular weight excluding hydrogens is 270 g/mol.